The van der Waals surface area contributed by atoms with Crippen LogP contribution in [-0.2, 0) is 21.5 Å². The molecule has 1 saturated heterocycles. The van der Waals surface area contributed by atoms with Gasteiger partial charge in [-0.25, -0.2) is 4.98 Å². The second-order valence-electron chi connectivity index (χ2n) is 6.47. The summed E-state index contributed by atoms with van der Waals surface area (Å²) in [6.07, 6.45) is 3.71. The number of rotatable bonds is 3. The molecule has 1 aromatic heterocycles. The number of hydrogen-bond donors (Lipinski definition) is 0. The predicted octanol–water partition coefficient (Wildman–Crippen LogP) is 2.36. The SMILES string of the molecule is COC(=O)[C@H]1CCCN(Cc2ncc(C(C)(C)C)o2)C1. The molecule has 2 rings (SSSR count). The van der Waals surface area contributed by atoms with Gasteiger partial charge in [-0.2, -0.15) is 0 Å². The van der Waals surface area contributed by atoms with Crippen LogP contribution in [0.15, 0.2) is 10.6 Å². The second kappa shape index (κ2) is 5.95. The molecule has 0 amide bonds. The minimum Gasteiger partial charge on any atom is -0.469 e. The maximum atomic E-state index is 11.6. The van der Waals surface area contributed by atoms with E-state index in [0.29, 0.717) is 6.54 Å². The van der Waals surface area contributed by atoms with Gasteiger partial charge in [0.2, 0.25) is 5.89 Å². The van der Waals surface area contributed by atoms with Crippen LogP contribution in [0.25, 0.3) is 0 Å². The van der Waals surface area contributed by atoms with Gasteiger partial charge in [0.15, 0.2) is 0 Å². The average molecular weight is 280 g/mol. The molecule has 0 aliphatic carbocycles. The van der Waals surface area contributed by atoms with Crippen molar-refractivity contribution in [2.75, 3.05) is 20.2 Å². The van der Waals surface area contributed by atoms with Gasteiger partial charge < -0.3 is 9.15 Å². The Kier molecular flexibility index (Phi) is 4.48. The lowest BCUT2D eigenvalue weighted by atomic mass is 9.94. The van der Waals surface area contributed by atoms with Gasteiger partial charge in [0, 0.05) is 12.0 Å². The standard InChI is InChI=1S/C15H24N2O3/c1-15(2,3)12-8-16-13(20-12)10-17-7-5-6-11(9-17)14(18)19-4/h8,11H,5-7,9-10H2,1-4H3/t11-/m0/s1. The molecule has 1 fully saturated rings. The summed E-state index contributed by atoms with van der Waals surface area (Å²) < 4.78 is 10.6. The number of aromatic nitrogens is 1. The third kappa shape index (κ3) is 3.60. The highest BCUT2D eigenvalue weighted by Gasteiger charge is 2.27. The Bertz CT molecular complexity index is 462. The van der Waals surface area contributed by atoms with E-state index in [2.05, 4.69) is 30.7 Å². The third-order valence-corrected chi connectivity index (χ3v) is 3.69. The summed E-state index contributed by atoms with van der Waals surface area (Å²) in [5.41, 5.74) is -0.0261. The molecule has 0 saturated carbocycles. The quantitative estimate of drug-likeness (QED) is 0.796. The van der Waals surface area contributed by atoms with Gasteiger partial charge in [-0.15, -0.1) is 0 Å². The summed E-state index contributed by atoms with van der Waals surface area (Å²) in [5.74, 6) is 1.48. The van der Waals surface area contributed by atoms with Crippen molar-refractivity contribution in [1.29, 1.82) is 0 Å². The topological polar surface area (TPSA) is 55.6 Å². The van der Waals surface area contributed by atoms with Crippen molar-refractivity contribution in [3.05, 3.63) is 17.8 Å². The number of ether oxygens (including phenoxy) is 1. The average Bonchev–Trinajstić information content (AvgIpc) is 2.86. The van der Waals surface area contributed by atoms with E-state index < -0.39 is 0 Å². The molecule has 0 bridgehead atoms. The van der Waals surface area contributed by atoms with Crippen LogP contribution in [0.4, 0.5) is 0 Å². The molecule has 20 heavy (non-hydrogen) atoms. The zero-order chi connectivity index (χ0) is 14.8. The minimum absolute atomic E-state index is 0.0224. The first-order valence-electron chi connectivity index (χ1n) is 7.15. The maximum Gasteiger partial charge on any atom is 0.309 e. The van der Waals surface area contributed by atoms with Crippen molar-refractivity contribution in [2.45, 2.75) is 45.6 Å². The van der Waals surface area contributed by atoms with Gasteiger partial charge in [0.05, 0.1) is 25.8 Å². The number of carbonyl (C=O) groups excluding carboxylic acids is 1. The molecule has 112 valence electrons. The van der Waals surface area contributed by atoms with Crippen molar-refractivity contribution >= 4 is 5.97 Å². The Balaban J connectivity index is 1.96. The molecule has 0 N–H and O–H groups in total. The number of oxazole rings is 1. The van der Waals surface area contributed by atoms with Crippen molar-refractivity contribution < 1.29 is 13.9 Å². The lowest BCUT2D eigenvalue weighted by molar-refractivity contribution is -0.147. The molecule has 0 aromatic carbocycles. The Morgan fingerprint density at radius 2 is 2.30 bits per heavy atom. The summed E-state index contributed by atoms with van der Waals surface area (Å²) in [6, 6.07) is 0. The van der Waals surface area contributed by atoms with Gasteiger partial charge in [-0.05, 0) is 19.4 Å². The van der Waals surface area contributed by atoms with Crippen molar-refractivity contribution in [2.24, 2.45) is 5.92 Å². The van der Waals surface area contributed by atoms with E-state index in [9.17, 15) is 4.79 Å². The number of hydrogen-bond acceptors (Lipinski definition) is 5. The van der Waals surface area contributed by atoms with Crippen molar-refractivity contribution in [3.63, 3.8) is 0 Å². The molecule has 0 unspecified atom stereocenters. The summed E-state index contributed by atoms with van der Waals surface area (Å²) in [4.78, 5) is 18.2. The lowest BCUT2D eigenvalue weighted by Crippen LogP contribution is -2.38. The smallest absolute Gasteiger partial charge is 0.309 e. The number of carbonyl (C=O) groups is 1. The Hall–Kier alpha value is -1.36. The van der Waals surface area contributed by atoms with Gasteiger partial charge >= 0.3 is 5.97 Å². The van der Waals surface area contributed by atoms with E-state index >= 15 is 0 Å². The Morgan fingerprint density at radius 1 is 1.55 bits per heavy atom. The van der Waals surface area contributed by atoms with E-state index in [1.165, 1.54) is 7.11 Å². The predicted molar refractivity (Wildman–Crippen MR) is 75.2 cm³/mol. The zero-order valence-electron chi connectivity index (χ0n) is 12.8. The number of methoxy groups -OCH3 is 1. The van der Waals surface area contributed by atoms with Crippen LogP contribution in [0.1, 0.15) is 45.3 Å². The summed E-state index contributed by atoms with van der Waals surface area (Å²) >= 11 is 0. The number of piperidine rings is 1. The summed E-state index contributed by atoms with van der Waals surface area (Å²) in [5, 5.41) is 0. The number of nitrogens with zero attached hydrogens (tertiary/aromatic N) is 2. The molecule has 1 atom stereocenters. The van der Waals surface area contributed by atoms with Crippen LogP contribution < -0.4 is 0 Å². The maximum absolute atomic E-state index is 11.6. The molecule has 1 aliphatic rings. The first-order valence-corrected chi connectivity index (χ1v) is 7.15. The fraction of sp³-hybridized carbons (Fsp3) is 0.733. The molecular weight excluding hydrogens is 256 g/mol. The van der Waals surface area contributed by atoms with E-state index in [-0.39, 0.29) is 17.3 Å². The molecule has 0 spiro atoms. The third-order valence-electron chi connectivity index (χ3n) is 3.69. The summed E-state index contributed by atoms with van der Waals surface area (Å²) in [7, 11) is 1.45. The van der Waals surface area contributed by atoms with E-state index in [4.69, 9.17) is 9.15 Å². The van der Waals surface area contributed by atoms with Gasteiger partial charge in [-0.1, -0.05) is 20.8 Å². The van der Waals surface area contributed by atoms with Gasteiger partial charge in [0.25, 0.3) is 0 Å². The summed E-state index contributed by atoms with van der Waals surface area (Å²) in [6.45, 7) is 8.66. The second-order valence-corrected chi connectivity index (χ2v) is 6.47. The molecule has 0 radical (unpaired) electrons. The highest BCUT2D eigenvalue weighted by atomic mass is 16.5. The van der Waals surface area contributed by atoms with Crippen LogP contribution in [0.5, 0.6) is 0 Å². The van der Waals surface area contributed by atoms with Gasteiger partial charge in [-0.3, -0.25) is 9.69 Å². The number of likely N-dealkylation sites (tertiary alicyclic amines) is 1. The first-order chi connectivity index (χ1) is 9.40. The van der Waals surface area contributed by atoms with Crippen molar-refractivity contribution in [1.82, 2.24) is 9.88 Å². The molecule has 1 aliphatic heterocycles. The van der Waals surface area contributed by atoms with E-state index in [1.807, 2.05) is 0 Å². The fourth-order valence-corrected chi connectivity index (χ4v) is 2.48. The fourth-order valence-electron chi connectivity index (χ4n) is 2.48. The largest absolute Gasteiger partial charge is 0.469 e. The number of esters is 1. The zero-order valence-corrected chi connectivity index (χ0v) is 12.8. The van der Waals surface area contributed by atoms with Crippen LogP contribution in [0.3, 0.4) is 0 Å². The Morgan fingerprint density at radius 3 is 2.90 bits per heavy atom. The van der Waals surface area contributed by atoms with Crippen molar-refractivity contribution in [3.8, 4) is 0 Å². The molecule has 1 aromatic rings. The molecule has 5 heteroatoms. The van der Waals surface area contributed by atoms with Crippen LogP contribution in [0, 0.1) is 5.92 Å². The van der Waals surface area contributed by atoms with E-state index in [1.54, 1.807) is 6.20 Å². The normalized spacial score (nSPS) is 20.9. The van der Waals surface area contributed by atoms with Crippen LogP contribution >= 0.6 is 0 Å². The molecule has 2 heterocycles. The Labute approximate surface area is 120 Å². The van der Waals surface area contributed by atoms with E-state index in [0.717, 1.165) is 37.6 Å². The highest BCUT2D eigenvalue weighted by Crippen LogP contribution is 2.24. The molecular formula is C15H24N2O3. The van der Waals surface area contributed by atoms with Crippen LogP contribution in [-0.4, -0.2) is 36.1 Å². The minimum atomic E-state index is -0.113. The first kappa shape index (κ1) is 15.0. The molecule has 5 nitrogen and oxygen atoms in total. The van der Waals surface area contributed by atoms with Crippen LogP contribution in [0.2, 0.25) is 0 Å². The lowest BCUT2D eigenvalue weighted by Gasteiger charge is -2.30. The van der Waals surface area contributed by atoms with Gasteiger partial charge in [0.1, 0.15) is 5.76 Å². The monoisotopic (exact) mass is 280 g/mol. The highest BCUT2D eigenvalue weighted by molar-refractivity contribution is 5.72.